The maximum absolute atomic E-state index is 14.5. The van der Waals surface area contributed by atoms with Crippen molar-refractivity contribution in [2.45, 2.75) is 44.8 Å². The van der Waals surface area contributed by atoms with Gasteiger partial charge in [-0.15, -0.1) is 0 Å². The van der Waals surface area contributed by atoms with Gasteiger partial charge in [-0.1, -0.05) is 12.6 Å². The molecule has 0 unspecified atom stereocenters. The molecule has 0 bridgehead atoms. The number of nitrogens with zero attached hydrogens (tertiary/aromatic N) is 3. The number of nitrogens with two attached hydrogens (primary N) is 1. The summed E-state index contributed by atoms with van der Waals surface area (Å²) >= 11 is 0. The number of benzene rings is 1. The lowest BCUT2D eigenvalue weighted by molar-refractivity contribution is -0.199. The lowest BCUT2D eigenvalue weighted by atomic mass is 9.80. The molecule has 1 aromatic rings. The van der Waals surface area contributed by atoms with E-state index in [0.29, 0.717) is 5.84 Å². The Kier molecular flexibility index (Phi) is 9.70. The first kappa shape index (κ1) is 30.1. The van der Waals surface area contributed by atoms with E-state index in [1.807, 2.05) is 0 Å². The molecule has 2 atom stereocenters. The predicted molar refractivity (Wildman–Crippen MR) is 132 cm³/mol. The van der Waals surface area contributed by atoms with Crippen molar-refractivity contribution in [3.63, 3.8) is 0 Å². The third-order valence-corrected chi connectivity index (χ3v) is 6.75. The highest BCUT2D eigenvalue weighted by molar-refractivity contribution is 5.94. The first-order chi connectivity index (χ1) is 17.1. The van der Waals surface area contributed by atoms with E-state index in [1.54, 1.807) is 25.9 Å². The summed E-state index contributed by atoms with van der Waals surface area (Å²) in [6.45, 7) is 5.29. The average Bonchev–Trinajstić information content (AvgIpc) is 3.62. The van der Waals surface area contributed by atoms with Crippen molar-refractivity contribution >= 4 is 23.9 Å². The number of amides is 2. The fraction of sp³-hybridized carbons (Fsp3) is 0.520. The van der Waals surface area contributed by atoms with Crippen molar-refractivity contribution in [1.82, 2.24) is 10.2 Å². The Morgan fingerprint density at radius 2 is 1.86 bits per heavy atom. The highest BCUT2D eigenvalue weighted by atomic mass is 19.4. The first-order valence-corrected chi connectivity index (χ1v) is 11.6. The number of carbonyl (C=O) groups is 2. The van der Waals surface area contributed by atoms with Crippen LogP contribution < -0.4 is 11.1 Å². The lowest BCUT2D eigenvalue weighted by Gasteiger charge is -2.30. The molecule has 0 aliphatic heterocycles. The lowest BCUT2D eigenvalue weighted by Crippen LogP contribution is -2.43. The SMILES string of the molecule is C=C(/C=N\C(C)=N/C)[C@H](CC(=O)NC[C@H](Cc1ccc(C(N)=O)c(F)c1F)N(C)C)C1(C(F)(F)F)CC1. The summed E-state index contributed by atoms with van der Waals surface area (Å²) in [5.41, 5.74) is 2.44. The van der Waals surface area contributed by atoms with E-state index >= 15 is 0 Å². The van der Waals surface area contributed by atoms with E-state index in [0.717, 1.165) is 6.07 Å². The number of aliphatic imine (C=N–C) groups is 2. The Morgan fingerprint density at radius 3 is 2.35 bits per heavy atom. The molecule has 0 heterocycles. The maximum atomic E-state index is 14.5. The van der Waals surface area contributed by atoms with Crippen LogP contribution in [-0.2, 0) is 11.2 Å². The predicted octanol–water partition coefficient (Wildman–Crippen LogP) is 3.68. The van der Waals surface area contributed by atoms with Gasteiger partial charge in [0.1, 0.15) is 5.84 Å². The minimum atomic E-state index is -4.52. The molecule has 0 radical (unpaired) electrons. The fourth-order valence-corrected chi connectivity index (χ4v) is 4.09. The zero-order valence-corrected chi connectivity index (χ0v) is 21.3. The number of allylic oxidation sites excluding steroid dienone is 1. The van der Waals surface area contributed by atoms with Gasteiger partial charge in [0, 0.05) is 38.2 Å². The standard InChI is InChI=1S/C25H32F5N5O2/c1-14(12-33-15(2)32-3)19(24(8-9-24)25(28,29)30)11-20(36)34-13-17(35(4)5)10-16-6-7-18(23(31)37)22(27)21(16)26/h6-7,12,17,19H,1,8-11,13H2,2-5H3,(H2,31,37)(H,34,36)/b32-15-,33-12-/t17-,19-/m0/s1. The highest BCUT2D eigenvalue weighted by Crippen LogP contribution is 2.64. The van der Waals surface area contributed by atoms with Crippen LogP contribution in [0.2, 0.25) is 0 Å². The maximum Gasteiger partial charge on any atom is 0.395 e. The smallest absolute Gasteiger partial charge is 0.366 e. The molecule has 1 aliphatic rings. The second-order valence-corrected chi connectivity index (χ2v) is 9.40. The third-order valence-electron chi connectivity index (χ3n) is 6.75. The number of nitrogens with one attached hydrogen (secondary N) is 1. The van der Waals surface area contributed by atoms with E-state index in [1.165, 1.54) is 19.3 Å². The molecular weight excluding hydrogens is 497 g/mol. The molecule has 1 saturated carbocycles. The van der Waals surface area contributed by atoms with Crippen molar-refractivity contribution in [3.05, 3.63) is 47.0 Å². The number of rotatable bonds is 11. The largest absolute Gasteiger partial charge is 0.395 e. The minimum Gasteiger partial charge on any atom is -0.366 e. The molecule has 0 saturated heterocycles. The van der Waals surface area contributed by atoms with Crippen LogP contribution in [0.15, 0.2) is 34.3 Å². The average molecular weight is 530 g/mol. The van der Waals surface area contributed by atoms with Crippen LogP contribution in [0, 0.1) is 23.0 Å². The van der Waals surface area contributed by atoms with Crippen LogP contribution in [0.4, 0.5) is 22.0 Å². The van der Waals surface area contributed by atoms with Crippen LogP contribution in [0.25, 0.3) is 0 Å². The van der Waals surface area contributed by atoms with Crippen LogP contribution in [0.3, 0.4) is 0 Å². The highest BCUT2D eigenvalue weighted by Gasteiger charge is 2.67. The van der Waals surface area contributed by atoms with Gasteiger partial charge in [-0.3, -0.25) is 14.6 Å². The molecule has 7 nitrogen and oxygen atoms in total. The first-order valence-electron chi connectivity index (χ1n) is 11.6. The van der Waals surface area contributed by atoms with Gasteiger partial charge in [0.2, 0.25) is 5.91 Å². The number of alkyl halides is 3. The van der Waals surface area contributed by atoms with Crippen molar-refractivity contribution in [1.29, 1.82) is 0 Å². The van der Waals surface area contributed by atoms with Gasteiger partial charge in [-0.05, 0) is 57.5 Å². The Hall–Kier alpha value is -3.15. The van der Waals surface area contributed by atoms with Crippen molar-refractivity contribution in [2.75, 3.05) is 27.7 Å². The topological polar surface area (TPSA) is 100 Å². The van der Waals surface area contributed by atoms with Crippen LogP contribution in [0.1, 0.15) is 42.1 Å². The zero-order valence-electron chi connectivity index (χ0n) is 21.3. The molecule has 204 valence electrons. The molecular formula is C25H32F5N5O2. The summed E-state index contributed by atoms with van der Waals surface area (Å²) in [6.07, 6.45) is -4.05. The summed E-state index contributed by atoms with van der Waals surface area (Å²) in [7, 11) is 4.81. The summed E-state index contributed by atoms with van der Waals surface area (Å²) in [6, 6.07) is 1.79. The number of hydrogen-bond donors (Lipinski definition) is 2. The van der Waals surface area contributed by atoms with Crippen molar-refractivity contribution in [3.8, 4) is 0 Å². The molecule has 2 rings (SSSR count). The second-order valence-electron chi connectivity index (χ2n) is 9.40. The van der Waals surface area contributed by atoms with Crippen molar-refractivity contribution < 1.29 is 31.5 Å². The molecule has 0 aromatic heterocycles. The molecule has 1 fully saturated rings. The van der Waals surface area contributed by atoms with E-state index in [2.05, 4.69) is 21.9 Å². The number of likely N-dealkylation sites (N-methyl/N-ethyl adjacent to an activating group) is 1. The molecule has 1 aromatic carbocycles. The summed E-state index contributed by atoms with van der Waals surface area (Å²) in [4.78, 5) is 33.5. The van der Waals surface area contributed by atoms with E-state index < -0.39 is 59.0 Å². The number of carbonyl (C=O) groups excluding carboxylic acids is 2. The van der Waals surface area contributed by atoms with E-state index in [-0.39, 0.29) is 36.9 Å². The van der Waals surface area contributed by atoms with Crippen molar-refractivity contribution in [2.24, 2.45) is 27.1 Å². The monoisotopic (exact) mass is 529 g/mol. The van der Waals surface area contributed by atoms with Gasteiger partial charge < -0.3 is 16.0 Å². The van der Waals surface area contributed by atoms with E-state index in [4.69, 9.17) is 5.73 Å². The van der Waals surface area contributed by atoms with Crippen LogP contribution in [-0.4, -0.2) is 68.7 Å². The van der Waals surface area contributed by atoms with Gasteiger partial charge in [0.15, 0.2) is 11.6 Å². The Bertz CT molecular complexity index is 1090. The van der Waals surface area contributed by atoms with Gasteiger partial charge >= 0.3 is 6.18 Å². The van der Waals surface area contributed by atoms with Gasteiger partial charge in [-0.2, -0.15) is 13.2 Å². The quantitative estimate of drug-likeness (QED) is 0.260. The zero-order chi connectivity index (χ0) is 28.1. The Morgan fingerprint density at radius 1 is 1.24 bits per heavy atom. The summed E-state index contributed by atoms with van der Waals surface area (Å²) in [5.74, 6) is -5.20. The summed E-state index contributed by atoms with van der Waals surface area (Å²) < 4.78 is 70.3. The van der Waals surface area contributed by atoms with E-state index in [9.17, 15) is 31.5 Å². The number of halogens is 5. The summed E-state index contributed by atoms with van der Waals surface area (Å²) in [5, 5.41) is 2.61. The molecule has 1 aliphatic carbocycles. The number of hydrogen-bond acceptors (Lipinski definition) is 4. The van der Waals surface area contributed by atoms with Crippen LogP contribution >= 0.6 is 0 Å². The third kappa shape index (κ3) is 7.21. The number of primary amides is 1. The Balaban J connectivity index is 2.16. The second kappa shape index (κ2) is 11.9. The Labute approximate surface area is 212 Å². The molecule has 0 spiro atoms. The molecule has 2 amide bonds. The van der Waals surface area contributed by atoms with Gasteiger partial charge in [0.05, 0.1) is 11.0 Å². The van der Waals surface area contributed by atoms with Gasteiger partial charge in [0.25, 0.3) is 5.91 Å². The normalized spacial score (nSPS) is 17.1. The molecule has 12 heteroatoms. The number of amidine groups is 1. The van der Waals surface area contributed by atoms with Crippen LogP contribution in [0.5, 0.6) is 0 Å². The fourth-order valence-electron chi connectivity index (χ4n) is 4.09. The molecule has 37 heavy (non-hydrogen) atoms. The van der Waals surface area contributed by atoms with Gasteiger partial charge in [-0.25, -0.2) is 13.8 Å². The minimum absolute atomic E-state index is 0.0417. The molecule has 3 N–H and O–H groups in total.